The number of hydrogen-bond acceptors (Lipinski definition) is 3. The zero-order chi connectivity index (χ0) is 22.4. The molecule has 29 heavy (non-hydrogen) atoms. The molecule has 1 aromatic rings. The molecule has 6 heteroatoms. The van der Waals surface area contributed by atoms with Gasteiger partial charge in [-0.3, -0.25) is 0 Å². The Kier molecular flexibility index (Phi) is 6.47. The maximum Gasteiger partial charge on any atom is 0.336 e. The first kappa shape index (κ1) is 24.1. The van der Waals surface area contributed by atoms with Gasteiger partial charge in [0, 0.05) is 0 Å². The zero-order valence-electron chi connectivity index (χ0n) is 19.7. The average molecular weight is 435 g/mol. The quantitative estimate of drug-likeness (QED) is 0.514. The molecule has 0 amide bonds. The predicted octanol–water partition coefficient (Wildman–Crippen LogP) is 6.86. The molecular weight excluding hydrogens is 396 g/mol. The van der Waals surface area contributed by atoms with E-state index in [4.69, 9.17) is 8.85 Å². The zero-order valence-corrected chi connectivity index (χ0v) is 21.7. The van der Waals surface area contributed by atoms with Crippen molar-refractivity contribution in [1.29, 1.82) is 0 Å². The van der Waals surface area contributed by atoms with Crippen molar-refractivity contribution in [1.82, 2.24) is 0 Å². The summed E-state index contributed by atoms with van der Waals surface area (Å²) in [7, 11) is -4.16. The predicted molar refractivity (Wildman–Crippen MR) is 126 cm³/mol. The highest BCUT2D eigenvalue weighted by molar-refractivity contribution is 6.74. The number of carboxylic acids is 1. The number of aromatic carboxylic acids is 1. The fraction of sp³-hybridized carbons (Fsp3) is 0.609. The second kappa shape index (κ2) is 7.80. The van der Waals surface area contributed by atoms with Crippen molar-refractivity contribution in [3.05, 3.63) is 41.0 Å². The molecule has 162 valence electrons. The minimum atomic E-state index is -2.11. The first-order valence-corrected chi connectivity index (χ1v) is 16.2. The molecule has 0 aromatic heterocycles. The number of fused-ring (bicyclic) bond motifs is 1. The Labute approximate surface area is 178 Å². The van der Waals surface area contributed by atoms with Gasteiger partial charge in [-0.05, 0) is 53.5 Å². The lowest BCUT2D eigenvalue weighted by Gasteiger charge is -2.45. The van der Waals surface area contributed by atoms with Crippen molar-refractivity contribution in [2.45, 2.75) is 90.0 Å². The Bertz CT molecular complexity index is 798. The molecule has 0 radical (unpaired) electrons. The number of benzene rings is 1. The molecule has 1 aliphatic rings. The summed E-state index contributed by atoms with van der Waals surface area (Å²) in [5, 5.41) is 9.77. The van der Waals surface area contributed by atoms with Gasteiger partial charge in [0.2, 0.25) is 0 Å². The number of carboxylic acid groups (broad SMARTS) is 1. The first-order chi connectivity index (χ1) is 13.0. The van der Waals surface area contributed by atoms with E-state index in [1.54, 1.807) is 6.07 Å². The van der Waals surface area contributed by atoms with Crippen molar-refractivity contribution in [2.75, 3.05) is 0 Å². The number of hydrogen-bond donors (Lipinski definition) is 1. The van der Waals surface area contributed by atoms with Crippen LogP contribution in [0.4, 0.5) is 0 Å². The molecular formula is C23H38O4Si2. The molecule has 0 unspecified atom stereocenters. The monoisotopic (exact) mass is 434 g/mol. The summed E-state index contributed by atoms with van der Waals surface area (Å²) in [5.41, 5.74) is 1.97. The molecule has 2 atom stereocenters. The van der Waals surface area contributed by atoms with E-state index in [1.165, 1.54) is 0 Å². The summed E-state index contributed by atoms with van der Waals surface area (Å²) in [6.45, 7) is 22.3. The topological polar surface area (TPSA) is 55.8 Å². The van der Waals surface area contributed by atoms with Crippen molar-refractivity contribution < 1.29 is 18.8 Å². The third-order valence-corrected chi connectivity index (χ3v) is 15.8. The molecule has 4 nitrogen and oxygen atoms in total. The molecule has 0 spiro atoms. The van der Waals surface area contributed by atoms with Crippen LogP contribution in [0.5, 0.6) is 0 Å². The molecule has 0 heterocycles. The lowest BCUT2D eigenvalue weighted by atomic mass is 9.90. The van der Waals surface area contributed by atoms with Gasteiger partial charge < -0.3 is 14.0 Å². The van der Waals surface area contributed by atoms with Crippen LogP contribution in [0, 0.1) is 0 Å². The van der Waals surface area contributed by atoms with Crippen molar-refractivity contribution in [3.8, 4) is 0 Å². The van der Waals surface area contributed by atoms with Gasteiger partial charge in [0.25, 0.3) is 0 Å². The Morgan fingerprint density at radius 3 is 1.93 bits per heavy atom. The van der Waals surface area contributed by atoms with Gasteiger partial charge in [-0.25, -0.2) is 4.79 Å². The van der Waals surface area contributed by atoms with Crippen LogP contribution in [0.15, 0.2) is 24.3 Å². The van der Waals surface area contributed by atoms with Gasteiger partial charge >= 0.3 is 5.97 Å². The second-order valence-corrected chi connectivity index (χ2v) is 20.6. The summed E-state index contributed by atoms with van der Waals surface area (Å²) in [6, 6.07) is 5.46. The SMILES string of the molecule is CC(C)(C)[Si](C)(C)O[C@H]1C=Cc2c(C(=O)O)cccc2[C@@H]1O[Si](C)(C)C(C)(C)C. The second-order valence-electron chi connectivity index (χ2n) is 11.1. The van der Waals surface area contributed by atoms with E-state index in [0.29, 0.717) is 5.56 Å². The lowest BCUT2D eigenvalue weighted by molar-refractivity contribution is 0.0610. The summed E-state index contributed by atoms with van der Waals surface area (Å²) >= 11 is 0. The van der Waals surface area contributed by atoms with Gasteiger partial charge in [0.05, 0.1) is 17.8 Å². The van der Waals surface area contributed by atoms with Crippen molar-refractivity contribution >= 4 is 28.7 Å². The van der Waals surface area contributed by atoms with Crippen molar-refractivity contribution in [2.24, 2.45) is 0 Å². The lowest BCUT2D eigenvalue weighted by Crippen LogP contribution is -2.49. The first-order valence-electron chi connectivity index (χ1n) is 10.4. The van der Waals surface area contributed by atoms with Crippen LogP contribution in [0.25, 0.3) is 6.08 Å². The van der Waals surface area contributed by atoms with Crippen LogP contribution in [0.2, 0.25) is 36.3 Å². The Hall–Kier alpha value is -1.22. The average Bonchev–Trinajstić information content (AvgIpc) is 2.53. The normalized spacial score (nSPS) is 20.5. The van der Waals surface area contributed by atoms with E-state index in [2.05, 4.69) is 67.7 Å². The fourth-order valence-corrected chi connectivity index (χ4v) is 5.40. The Morgan fingerprint density at radius 1 is 0.931 bits per heavy atom. The molecule has 0 saturated heterocycles. The molecule has 1 aliphatic carbocycles. The minimum Gasteiger partial charge on any atom is -0.478 e. The highest BCUT2D eigenvalue weighted by Gasteiger charge is 2.45. The Morgan fingerprint density at radius 2 is 1.45 bits per heavy atom. The van der Waals surface area contributed by atoms with Crippen LogP contribution in [-0.2, 0) is 8.85 Å². The number of carbonyl (C=O) groups is 1. The van der Waals surface area contributed by atoms with Crippen LogP contribution >= 0.6 is 0 Å². The standard InChI is InChI=1S/C23H38O4Si2/c1-22(2,3)28(7,8)26-19-15-14-16-17(12-11-13-18(16)21(24)25)20(19)27-29(9,10)23(4,5)6/h11-15,19-20H,1-10H3,(H,24,25)/t19-,20-/m0/s1. The number of rotatable bonds is 5. The van der Waals surface area contributed by atoms with Gasteiger partial charge in [-0.2, -0.15) is 0 Å². The van der Waals surface area contributed by atoms with Gasteiger partial charge in [-0.15, -0.1) is 0 Å². The minimum absolute atomic E-state index is 0.0419. The molecule has 2 rings (SSSR count). The summed E-state index contributed by atoms with van der Waals surface area (Å²) < 4.78 is 13.6. The summed E-state index contributed by atoms with van der Waals surface area (Å²) in [4.78, 5) is 11.8. The smallest absolute Gasteiger partial charge is 0.336 e. The highest BCUT2D eigenvalue weighted by atomic mass is 28.4. The molecule has 0 fully saturated rings. The van der Waals surface area contributed by atoms with E-state index < -0.39 is 22.6 Å². The van der Waals surface area contributed by atoms with Crippen molar-refractivity contribution in [3.63, 3.8) is 0 Å². The fourth-order valence-electron chi connectivity index (χ4n) is 2.92. The molecule has 1 N–H and O–H groups in total. The summed E-state index contributed by atoms with van der Waals surface area (Å²) in [5.74, 6) is -0.915. The van der Waals surface area contributed by atoms with Crippen LogP contribution in [0.3, 0.4) is 0 Å². The highest BCUT2D eigenvalue weighted by Crippen LogP contribution is 2.46. The van der Waals surface area contributed by atoms with E-state index in [-0.39, 0.29) is 22.3 Å². The third-order valence-electron chi connectivity index (χ3n) is 6.89. The van der Waals surface area contributed by atoms with Gasteiger partial charge in [0.15, 0.2) is 16.6 Å². The molecule has 1 aromatic carbocycles. The molecule has 0 bridgehead atoms. The summed E-state index contributed by atoms with van der Waals surface area (Å²) in [6.07, 6.45) is 3.39. The van der Waals surface area contributed by atoms with Gasteiger partial charge in [-0.1, -0.05) is 65.8 Å². The van der Waals surface area contributed by atoms with E-state index in [0.717, 1.165) is 11.1 Å². The maximum atomic E-state index is 11.8. The maximum absolute atomic E-state index is 11.8. The largest absolute Gasteiger partial charge is 0.478 e. The molecule has 0 aliphatic heterocycles. The van der Waals surface area contributed by atoms with Gasteiger partial charge in [0.1, 0.15) is 0 Å². The van der Waals surface area contributed by atoms with E-state index in [1.807, 2.05) is 24.3 Å². The third kappa shape index (κ3) is 4.93. The van der Waals surface area contributed by atoms with Crippen LogP contribution < -0.4 is 0 Å². The van der Waals surface area contributed by atoms with Crippen LogP contribution in [0.1, 0.15) is 69.1 Å². The van der Waals surface area contributed by atoms with Crippen LogP contribution in [-0.4, -0.2) is 33.8 Å². The molecule has 0 saturated carbocycles. The van der Waals surface area contributed by atoms with E-state index in [9.17, 15) is 9.90 Å². The van der Waals surface area contributed by atoms with E-state index >= 15 is 0 Å². The Balaban J connectivity index is 2.56.